The summed E-state index contributed by atoms with van der Waals surface area (Å²) < 4.78 is 64.5. The number of aryl methyl sites for hydroxylation is 2. The normalized spacial score (nSPS) is 11.9. The third-order valence-electron chi connectivity index (χ3n) is 22.6. The van der Waals surface area contributed by atoms with Crippen LogP contribution in [0.3, 0.4) is 0 Å². The van der Waals surface area contributed by atoms with Crippen molar-refractivity contribution < 1.29 is 41.8 Å². The lowest BCUT2D eigenvalue weighted by Crippen LogP contribution is -2.00. The molecule has 0 saturated carbocycles. The molecule has 0 atom stereocenters. The molecule has 0 aliphatic heterocycles. The molecule has 12 N–H and O–H groups in total. The van der Waals surface area contributed by atoms with Crippen LogP contribution in [0.2, 0.25) is 0 Å². The number of rotatable bonds is 16. The minimum absolute atomic E-state index is 0.00376. The first-order valence-corrected chi connectivity index (χ1v) is 41.0. The highest BCUT2D eigenvalue weighted by molar-refractivity contribution is 7.17. The van der Waals surface area contributed by atoms with Gasteiger partial charge >= 0.3 is 11.9 Å². The molecule has 120 heavy (non-hydrogen) atoms. The van der Waals surface area contributed by atoms with Crippen LogP contribution < -0.4 is 0 Å². The Bertz CT molecular complexity index is 7120. The van der Waals surface area contributed by atoms with E-state index in [0.717, 1.165) is 156 Å². The van der Waals surface area contributed by atoms with Gasteiger partial charge in [0, 0.05) is 175 Å². The van der Waals surface area contributed by atoms with Gasteiger partial charge in [-0.3, -0.25) is 0 Å². The number of hydrogen-bond acceptors (Lipinski definition) is 6. The molecule has 0 aliphatic rings. The van der Waals surface area contributed by atoms with Crippen molar-refractivity contribution in [2.24, 2.45) is 5.92 Å². The van der Waals surface area contributed by atoms with E-state index in [-0.39, 0.29) is 58.3 Å². The second-order valence-corrected chi connectivity index (χ2v) is 33.2. The lowest BCUT2D eigenvalue weighted by Gasteiger charge is -2.13. The number of carboxylic acids is 2. The number of fused-ring (bicyclic) bond motifs is 8. The molecule has 0 radical (unpaired) electrons. The molecule has 0 fully saturated rings. The van der Waals surface area contributed by atoms with E-state index in [1.807, 2.05) is 144 Å². The number of aromatic nitrogens is 12. The number of carbonyl (C=O) groups is 2. The quantitative estimate of drug-likeness (QED) is 0.0416. The van der Waals surface area contributed by atoms with Gasteiger partial charge in [-0.05, 0) is 181 Å². The first kappa shape index (κ1) is 78.7. The molecule has 0 bridgehead atoms. The molecule has 12 aromatic heterocycles. The molecule has 0 saturated heterocycles. The van der Waals surface area contributed by atoms with E-state index in [1.54, 1.807) is 41.9 Å². The van der Waals surface area contributed by atoms with E-state index in [4.69, 9.17) is 4.42 Å². The smallest absolute Gasteiger partial charge is 0.352 e. The van der Waals surface area contributed by atoms with Gasteiger partial charge < -0.3 is 64.5 Å². The molecule has 0 amide bonds. The summed E-state index contributed by atoms with van der Waals surface area (Å²) >= 11 is 1.66. The Hall–Kier alpha value is -13.9. The first-order valence-electron chi connectivity index (χ1n) is 40.1. The second-order valence-electron chi connectivity index (χ2n) is 32.4. The monoisotopic (exact) mass is 1620 g/mol. The number of thiazole rings is 1. The summed E-state index contributed by atoms with van der Waals surface area (Å²) in [4.78, 5) is 65.9. The summed E-state index contributed by atoms with van der Waals surface area (Å²) in [6.45, 7) is 25.3. The average molecular weight is 1620 g/mol. The minimum atomic E-state index is -1.05. The Balaban J connectivity index is 0.000000114. The molecule has 8 aromatic carbocycles. The molecule has 20 rings (SSSR count). The molecule has 0 spiro atoms. The summed E-state index contributed by atoms with van der Waals surface area (Å²) in [7, 11) is 0. The van der Waals surface area contributed by atoms with E-state index in [0.29, 0.717) is 50.6 Å². The van der Waals surface area contributed by atoms with Crippen LogP contribution >= 0.6 is 11.3 Å². The first-order chi connectivity index (χ1) is 57.8. The van der Waals surface area contributed by atoms with Crippen LogP contribution in [-0.4, -0.2) is 82.0 Å². The van der Waals surface area contributed by atoms with Crippen molar-refractivity contribution in [1.82, 2.24) is 59.8 Å². The largest absolute Gasteiger partial charge is 0.477 e. The fourth-order valence-electron chi connectivity index (χ4n) is 17.8. The number of halogens is 4. The Morgan fingerprint density at radius 1 is 0.392 bits per heavy atom. The number of para-hydroxylation sites is 2. The lowest BCUT2D eigenvalue weighted by molar-refractivity contribution is 0.0681. The van der Waals surface area contributed by atoms with E-state index < -0.39 is 11.9 Å². The topological polar surface area (TPSA) is 271 Å². The Kier molecular flexibility index (Phi) is 20.7. The number of benzene rings is 8. The zero-order valence-electron chi connectivity index (χ0n) is 68.1. The number of nitrogens with one attached hydrogen (secondary N) is 10. The van der Waals surface area contributed by atoms with Crippen LogP contribution in [0.5, 0.6) is 0 Å². The second kappa shape index (κ2) is 31.5. The van der Waals surface area contributed by atoms with E-state index >= 15 is 0 Å². The van der Waals surface area contributed by atoms with Crippen molar-refractivity contribution in [3.63, 3.8) is 0 Å². The molecule has 17 nitrogen and oxygen atoms in total. The van der Waals surface area contributed by atoms with Crippen molar-refractivity contribution in [3.8, 4) is 89.5 Å². The predicted octanol–water partition coefficient (Wildman–Crippen LogP) is 27.3. The molecule has 22 heteroatoms. The van der Waals surface area contributed by atoms with Crippen molar-refractivity contribution in [2.45, 2.75) is 113 Å². The molecular weight excluding hydrogens is 1530 g/mol. The zero-order valence-corrected chi connectivity index (χ0v) is 68.9. The van der Waals surface area contributed by atoms with E-state index in [2.05, 4.69) is 133 Å². The summed E-state index contributed by atoms with van der Waals surface area (Å²) in [5.74, 6) is -2.35. The third kappa shape index (κ3) is 14.1. The fourth-order valence-corrected chi connectivity index (χ4v) is 18.6. The van der Waals surface area contributed by atoms with Crippen LogP contribution in [-0.2, 0) is 6.42 Å². The number of aromatic amines is 10. The van der Waals surface area contributed by atoms with Crippen molar-refractivity contribution in [1.29, 1.82) is 0 Å². The maximum Gasteiger partial charge on any atom is 0.352 e. The van der Waals surface area contributed by atoms with Gasteiger partial charge in [0.15, 0.2) is 12.0 Å². The number of nitrogens with zero attached hydrogens (tertiary/aromatic N) is 2. The maximum absolute atomic E-state index is 14.5. The van der Waals surface area contributed by atoms with Gasteiger partial charge in [-0.15, -0.1) is 11.3 Å². The summed E-state index contributed by atoms with van der Waals surface area (Å²) in [5, 5.41) is 25.8. The highest BCUT2D eigenvalue weighted by atomic mass is 32.1. The summed E-state index contributed by atoms with van der Waals surface area (Å²) in [6.07, 6.45) is 11.4. The van der Waals surface area contributed by atoms with Crippen LogP contribution in [0, 0.1) is 43.0 Å². The van der Waals surface area contributed by atoms with Gasteiger partial charge in [0.05, 0.1) is 38.5 Å². The maximum atomic E-state index is 14.5. The van der Waals surface area contributed by atoms with Crippen LogP contribution in [0.4, 0.5) is 17.6 Å². The number of hydrogen-bond donors (Lipinski definition) is 12. The third-order valence-corrected chi connectivity index (χ3v) is 23.5. The SMILES string of the molecule is CC(C)Cc1cc2c(-c3c(C(=O)O)[nH]c(-c4cc(F)cc5[nH]ccc45)c3C(C)C)cccc2[nH]1.CC(C)c1c(-c2cc(F)cc3[nH]ccc23)[nH]c(C(=O)O)c1-c1c[nH]c2ccccc12.Cc1[nH]c(-c2cc(F)cc3[nH]ccc23)c(C(C)C)c1-c1cccc2ncoc12.Cc1[nH]c(-c2cc(F)cc3[nH]ccc23)c(C(C)C)c1-c1cccc2ncsc12. The molecule has 0 aliphatic carbocycles. The predicted molar refractivity (Wildman–Crippen MR) is 477 cm³/mol. The average Bonchev–Trinajstić information content (AvgIpc) is 1.61. The summed E-state index contributed by atoms with van der Waals surface area (Å²) in [6, 6.07) is 48.0. The molecule has 604 valence electrons. The summed E-state index contributed by atoms with van der Waals surface area (Å²) in [5.41, 5.74) is 30.6. The molecule has 0 unspecified atom stereocenters. The van der Waals surface area contributed by atoms with Gasteiger partial charge in [0.25, 0.3) is 0 Å². The zero-order chi connectivity index (χ0) is 84.0. The Labute approximate surface area is 690 Å². The molecule has 12 heterocycles. The van der Waals surface area contributed by atoms with Crippen molar-refractivity contribution in [3.05, 3.63) is 275 Å². The number of H-pyrrole nitrogens is 10. The fraction of sp³-hybridized carbons (Fsp3) is 0.184. The van der Waals surface area contributed by atoms with Crippen LogP contribution in [0.15, 0.2) is 205 Å². The minimum Gasteiger partial charge on any atom is -0.477 e. The Morgan fingerprint density at radius 2 is 0.800 bits per heavy atom. The van der Waals surface area contributed by atoms with Gasteiger partial charge in [-0.25, -0.2) is 37.1 Å². The number of carboxylic acid groups (broad SMARTS) is 2. The molecule has 20 aromatic rings. The molecular formula is C98H88F4N12O5S. The number of aromatic carboxylic acids is 2. The van der Waals surface area contributed by atoms with Gasteiger partial charge in [-0.2, -0.15) is 0 Å². The lowest BCUT2D eigenvalue weighted by atomic mass is 9.89. The van der Waals surface area contributed by atoms with Gasteiger partial charge in [0.1, 0.15) is 40.2 Å². The van der Waals surface area contributed by atoms with Gasteiger partial charge in [-0.1, -0.05) is 124 Å². The number of oxazole rings is 1. The van der Waals surface area contributed by atoms with Crippen molar-refractivity contribution in [2.75, 3.05) is 0 Å². The van der Waals surface area contributed by atoms with Crippen LogP contribution in [0.25, 0.3) is 176 Å². The Morgan fingerprint density at radius 3 is 1.27 bits per heavy atom. The van der Waals surface area contributed by atoms with Gasteiger partial charge in [0.2, 0.25) is 0 Å². The highest BCUT2D eigenvalue weighted by Crippen LogP contribution is 2.50. The highest BCUT2D eigenvalue weighted by Gasteiger charge is 2.33. The standard InChI is InChI=1S/C28H28FN3O2.C24H20FN3O2.C23H20FN3O.C23H20FN3S/c1-14(2)10-17-13-20-19(6-5-7-22(20)31-17)25-24(15(3)4)26(32-27(25)28(33)34)21-11-16(29)12-23-18(21)8-9-30-23;1-12(2)20-21(17-11-27-18-6-4-3-5-14(17)18)23(24(29)30)28-22(20)16-9-13(25)10-19-15(16)7-8-26-19;2*1-12(2)20-21(16-5-4-6-18-23(16)28-11-26-18)13(3)27-22(20)17-9-14(24)10-19-15(17)7-8-25-19/h5-9,11-15,30-32H,10H2,1-4H3,(H,33,34);3-12,26-28H,1-2H3,(H,29,30);2*4-12,25,27H,1-3H3. The van der Waals surface area contributed by atoms with Crippen LogP contribution in [0.1, 0.15) is 153 Å². The van der Waals surface area contributed by atoms with E-state index in [1.165, 1.54) is 58.1 Å². The van der Waals surface area contributed by atoms with E-state index in [9.17, 15) is 37.4 Å². The van der Waals surface area contributed by atoms with Crippen molar-refractivity contribution >= 4 is 110 Å².